The molecule has 2 saturated carbocycles. The third kappa shape index (κ3) is 5.42. The number of ketones is 1. The first-order valence-corrected chi connectivity index (χ1v) is 14.3. The van der Waals surface area contributed by atoms with Gasteiger partial charge in [0.1, 0.15) is 11.4 Å². The molecule has 2 aliphatic rings. The van der Waals surface area contributed by atoms with Crippen molar-refractivity contribution in [2.75, 3.05) is 5.32 Å². The van der Waals surface area contributed by atoms with Crippen LogP contribution in [0.15, 0.2) is 60.9 Å². The van der Waals surface area contributed by atoms with Crippen LogP contribution in [0.25, 0.3) is 11.1 Å². The normalized spacial score (nSPS) is 14.3. The second-order valence-corrected chi connectivity index (χ2v) is 11.3. The van der Waals surface area contributed by atoms with Crippen LogP contribution >= 0.6 is 0 Å². The van der Waals surface area contributed by atoms with Gasteiger partial charge < -0.3 is 5.32 Å². The second kappa shape index (κ2) is 11.2. The van der Waals surface area contributed by atoms with Crippen LogP contribution in [0.1, 0.15) is 107 Å². The summed E-state index contributed by atoms with van der Waals surface area (Å²) < 4.78 is 0. The van der Waals surface area contributed by atoms with Gasteiger partial charge in [0.15, 0.2) is 18.4 Å². The molecule has 0 unspecified atom stereocenters. The maximum absolute atomic E-state index is 13.3. The number of hydrogen-bond donors (Lipinski definition) is 1. The summed E-state index contributed by atoms with van der Waals surface area (Å²) in [6.45, 7) is 3.96. The predicted molar refractivity (Wildman–Crippen MR) is 161 cm³/mol. The average molecular weight is 558 g/mol. The van der Waals surface area contributed by atoms with Crippen LogP contribution in [0.3, 0.4) is 0 Å². The number of nitrogens with zero attached hydrogens (tertiary/aromatic N) is 2. The van der Waals surface area contributed by atoms with Gasteiger partial charge in [0.25, 0.3) is 5.91 Å². The number of anilines is 1. The Morgan fingerprint density at radius 1 is 0.786 bits per heavy atom. The zero-order valence-corrected chi connectivity index (χ0v) is 23.6. The van der Waals surface area contributed by atoms with Crippen LogP contribution in [0.2, 0.25) is 0 Å². The fraction of sp³-hybridized carbons (Fsp3) is 0.257. The van der Waals surface area contributed by atoms with Crippen molar-refractivity contribution in [1.29, 1.82) is 0 Å². The van der Waals surface area contributed by atoms with Crippen LogP contribution in [0.5, 0.6) is 0 Å². The molecule has 2 heterocycles. The fourth-order valence-corrected chi connectivity index (χ4v) is 5.61. The SMILES string of the molecule is Cc1c(CC(=O)c2cc(C3CC3)c(C=O)cn2)cccc1-c1cccc(NC(=O)c2cc(C3CC3)c(C=O)cn2)c1C. The maximum atomic E-state index is 13.3. The lowest BCUT2D eigenvalue weighted by Gasteiger charge is -2.16. The molecule has 2 aliphatic carbocycles. The lowest BCUT2D eigenvalue weighted by Crippen LogP contribution is -2.15. The fourth-order valence-electron chi connectivity index (χ4n) is 5.61. The summed E-state index contributed by atoms with van der Waals surface area (Å²) >= 11 is 0. The lowest BCUT2D eigenvalue weighted by molar-refractivity contribution is 0.0985. The van der Waals surface area contributed by atoms with Crippen LogP contribution in [-0.4, -0.2) is 34.2 Å². The second-order valence-electron chi connectivity index (χ2n) is 11.3. The van der Waals surface area contributed by atoms with Gasteiger partial charge in [-0.2, -0.15) is 0 Å². The van der Waals surface area contributed by atoms with E-state index in [1.54, 1.807) is 12.1 Å². The minimum absolute atomic E-state index is 0.0917. The first-order valence-electron chi connectivity index (χ1n) is 14.3. The maximum Gasteiger partial charge on any atom is 0.274 e. The Hall–Kier alpha value is -4.78. The summed E-state index contributed by atoms with van der Waals surface area (Å²) in [5.74, 6) is 0.237. The minimum Gasteiger partial charge on any atom is -0.320 e. The van der Waals surface area contributed by atoms with Crippen molar-refractivity contribution in [3.63, 3.8) is 0 Å². The lowest BCUT2D eigenvalue weighted by atomic mass is 9.91. The highest BCUT2D eigenvalue weighted by atomic mass is 16.2. The van der Waals surface area contributed by atoms with Crippen LogP contribution < -0.4 is 5.32 Å². The predicted octanol–water partition coefficient (Wildman–Crippen LogP) is 6.82. The summed E-state index contributed by atoms with van der Waals surface area (Å²) in [5, 5.41) is 3.00. The van der Waals surface area contributed by atoms with Crippen molar-refractivity contribution in [2.24, 2.45) is 0 Å². The van der Waals surface area contributed by atoms with E-state index in [4.69, 9.17) is 0 Å². The van der Waals surface area contributed by atoms with Crippen molar-refractivity contribution in [2.45, 2.75) is 57.8 Å². The van der Waals surface area contributed by atoms with Crippen molar-refractivity contribution < 1.29 is 19.2 Å². The molecule has 1 amide bonds. The van der Waals surface area contributed by atoms with Gasteiger partial charge in [-0.15, -0.1) is 0 Å². The Bertz CT molecular complexity index is 1620. The smallest absolute Gasteiger partial charge is 0.274 e. The molecule has 6 rings (SSSR count). The highest BCUT2D eigenvalue weighted by Gasteiger charge is 2.28. The third-order valence-corrected chi connectivity index (χ3v) is 8.41. The molecule has 0 atom stereocenters. The van der Waals surface area contributed by atoms with Gasteiger partial charge >= 0.3 is 0 Å². The number of aldehydes is 2. The van der Waals surface area contributed by atoms with E-state index in [1.807, 2.05) is 50.2 Å². The van der Waals surface area contributed by atoms with E-state index in [2.05, 4.69) is 15.3 Å². The molecule has 2 aromatic carbocycles. The molecule has 210 valence electrons. The molecule has 0 spiro atoms. The van der Waals surface area contributed by atoms with E-state index in [9.17, 15) is 19.2 Å². The van der Waals surface area contributed by atoms with E-state index in [0.29, 0.717) is 34.3 Å². The number of carbonyl (C=O) groups is 4. The van der Waals surface area contributed by atoms with E-state index in [0.717, 1.165) is 77.2 Å². The molecule has 0 radical (unpaired) electrons. The minimum atomic E-state index is -0.329. The standard InChI is InChI=1S/C35H31N3O4/c1-20-24(13-34(41)32-14-29(22-9-10-22)25(18-39)16-36-32)5-3-6-27(20)28-7-4-8-31(21(28)2)38-35(42)33-15-30(23-11-12-23)26(19-40)17-37-33/h3-8,14-19,22-23H,9-13H2,1-2H3,(H,38,42). The molecule has 0 bridgehead atoms. The number of hydrogen-bond acceptors (Lipinski definition) is 6. The van der Waals surface area contributed by atoms with E-state index in [-0.39, 0.29) is 23.8 Å². The quantitative estimate of drug-likeness (QED) is 0.169. The average Bonchev–Trinajstić information content (AvgIpc) is 3.93. The first-order chi connectivity index (χ1) is 20.4. The number of rotatable bonds is 10. The van der Waals surface area contributed by atoms with Crippen LogP contribution in [0.4, 0.5) is 5.69 Å². The first kappa shape index (κ1) is 27.4. The number of nitrogens with one attached hydrogen (secondary N) is 1. The van der Waals surface area contributed by atoms with Crippen LogP contribution in [0, 0.1) is 13.8 Å². The zero-order chi connectivity index (χ0) is 29.4. The zero-order valence-electron chi connectivity index (χ0n) is 23.6. The number of aromatic nitrogens is 2. The molecule has 0 saturated heterocycles. The molecule has 42 heavy (non-hydrogen) atoms. The largest absolute Gasteiger partial charge is 0.320 e. The molecule has 7 nitrogen and oxygen atoms in total. The van der Waals surface area contributed by atoms with Gasteiger partial charge in [0.05, 0.1) is 0 Å². The molecular weight excluding hydrogens is 526 g/mol. The Morgan fingerprint density at radius 2 is 1.33 bits per heavy atom. The number of amides is 1. The molecule has 2 aromatic heterocycles. The summed E-state index contributed by atoms with van der Waals surface area (Å²) in [4.78, 5) is 57.8. The monoisotopic (exact) mass is 557 g/mol. The summed E-state index contributed by atoms with van der Waals surface area (Å²) in [6, 6.07) is 15.2. The van der Waals surface area contributed by atoms with Gasteiger partial charge in [0, 0.05) is 35.6 Å². The molecule has 7 heteroatoms. The molecular formula is C35H31N3O4. The third-order valence-electron chi connectivity index (χ3n) is 8.41. The number of carbonyl (C=O) groups excluding carboxylic acids is 4. The Morgan fingerprint density at radius 3 is 1.93 bits per heavy atom. The van der Waals surface area contributed by atoms with Crippen molar-refractivity contribution >= 4 is 30.0 Å². The highest BCUT2D eigenvalue weighted by Crippen LogP contribution is 2.42. The Labute approximate surface area is 244 Å². The Kier molecular flexibility index (Phi) is 7.33. The molecule has 0 aliphatic heterocycles. The van der Waals surface area contributed by atoms with Gasteiger partial charge in [-0.1, -0.05) is 30.3 Å². The van der Waals surface area contributed by atoms with Crippen molar-refractivity contribution in [1.82, 2.24) is 9.97 Å². The Balaban J connectivity index is 1.24. The molecule has 4 aromatic rings. The summed E-state index contributed by atoms with van der Waals surface area (Å²) in [5.41, 5.74) is 8.93. The van der Waals surface area contributed by atoms with Crippen molar-refractivity contribution in [3.05, 3.63) is 111 Å². The van der Waals surface area contributed by atoms with Crippen molar-refractivity contribution in [3.8, 4) is 11.1 Å². The van der Waals surface area contributed by atoms with Gasteiger partial charge in [-0.25, -0.2) is 0 Å². The summed E-state index contributed by atoms with van der Waals surface area (Å²) in [7, 11) is 0. The topological polar surface area (TPSA) is 106 Å². The van der Waals surface area contributed by atoms with E-state index >= 15 is 0 Å². The van der Waals surface area contributed by atoms with Gasteiger partial charge in [-0.05, 0) is 109 Å². The number of Topliss-reactive ketones (excluding diaryl/α,β-unsaturated/α-hetero) is 1. The van der Waals surface area contributed by atoms with Crippen LogP contribution in [-0.2, 0) is 6.42 Å². The van der Waals surface area contributed by atoms with Gasteiger partial charge in [-0.3, -0.25) is 29.1 Å². The molecule has 1 N–H and O–H groups in total. The van der Waals surface area contributed by atoms with Gasteiger partial charge in [0.2, 0.25) is 0 Å². The van der Waals surface area contributed by atoms with E-state index < -0.39 is 0 Å². The summed E-state index contributed by atoms with van der Waals surface area (Å²) in [6.07, 6.45) is 8.89. The van der Waals surface area contributed by atoms with E-state index in [1.165, 1.54) is 12.4 Å². The number of pyridine rings is 2. The number of benzene rings is 2. The molecule has 2 fully saturated rings. The highest BCUT2D eigenvalue weighted by molar-refractivity contribution is 6.04.